The van der Waals surface area contributed by atoms with E-state index in [-0.39, 0.29) is 5.91 Å². The maximum absolute atomic E-state index is 12.5. The van der Waals surface area contributed by atoms with Gasteiger partial charge in [-0.05, 0) is 32.5 Å². The Morgan fingerprint density at radius 3 is 2.95 bits per heavy atom. The van der Waals surface area contributed by atoms with E-state index in [0.717, 1.165) is 38.3 Å². The van der Waals surface area contributed by atoms with Crippen LogP contribution in [0.3, 0.4) is 0 Å². The molecule has 1 unspecified atom stereocenters. The first-order chi connectivity index (χ1) is 9.65. The Labute approximate surface area is 121 Å². The fraction of sp³-hybridized carbons (Fsp3) is 0.600. The molecule has 0 saturated carbocycles. The summed E-state index contributed by atoms with van der Waals surface area (Å²) < 4.78 is 0. The molecule has 1 aromatic heterocycles. The number of pyridine rings is 1. The highest BCUT2D eigenvalue weighted by Gasteiger charge is 2.27. The van der Waals surface area contributed by atoms with Gasteiger partial charge in [0, 0.05) is 44.1 Å². The second kappa shape index (κ2) is 6.70. The topological polar surface area (TPSA) is 48.5 Å². The van der Waals surface area contributed by atoms with Gasteiger partial charge in [0.2, 0.25) is 0 Å². The van der Waals surface area contributed by atoms with Crippen LogP contribution in [0.2, 0.25) is 0 Å². The van der Waals surface area contributed by atoms with E-state index in [0.29, 0.717) is 11.7 Å². The summed E-state index contributed by atoms with van der Waals surface area (Å²) >= 11 is 0. The number of carbonyl (C=O) groups excluding carboxylic acids is 1. The Bertz CT molecular complexity index is 463. The molecule has 0 aromatic carbocycles. The van der Waals surface area contributed by atoms with E-state index >= 15 is 0 Å². The number of nitrogens with zero attached hydrogens (tertiary/aromatic N) is 3. The third kappa shape index (κ3) is 3.28. The third-order valence-corrected chi connectivity index (χ3v) is 3.90. The Morgan fingerprint density at radius 2 is 2.25 bits per heavy atom. The lowest BCUT2D eigenvalue weighted by atomic mass is 10.1. The zero-order valence-corrected chi connectivity index (χ0v) is 12.6. The van der Waals surface area contributed by atoms with Gasteiger partial charge < -0.3 is 10.2 Å². The van der Waals surface area contributed by atoms with Crippen molar-refractivity contribution in [2.75, 3.05) is 38.5 Å². The number of likely N-dealkylation sites (N-methyl/N-ethyl adjacent to an activating group) is 1. The van der Waals surface area contributed by atoms with Crippen LogP contribution in [0.5, 0.6) is 0 Å². The van der Waals surface area contributed by atoms with E-state index in [1.807, 2.05) is 24.0 Å². The van der Waals surface area contributed by atoms with Crippen LogP contribution >= 0.6 is 0 Å². The summed E-state index contributed by atoms with van der Waals surface area (Å²) in [5.41, 5.74) is 1.48. The minimum Gasteiger partial charge on any atom is -0.385 e. The zero-order valence-electron chi connectivity index (χ0n) is 12.6. The molecule has 1 amide bonds. The van der Waals surface area contributed by atoms with Crippen molar-refractivity contribution >= 4 is 11.6 Å². The van der Waals surface area contributed by atoms with E-state index in [1.54, 1.807) is 6.20 Å². The fourth-order valence-corrected chi connectivity index (χ4v) is 2.59. The fourth-order valence-electron chi connectivity index (χ4n) is 2.59. The second-order valence-electron chi connectivity index (χ2n) is 5.25. The summed E-state index contributed by atoms with van der Waals surface area (Å²) in [6.45, 7) is 7.53. The van der Waals surface area contributed by atoms with Crippen LogP contribution < -0.4 is 5.32 Å². The standard InChI is InChI=1S/C15H24N4O/c1-4-13-11-19(9-8-18(13)3)15(20)14-10-12(16-5-2)6-7-17-14/h6-7,10,13H,4-5,8-9,11H2,1-3H3,(H,16,17). The molecule has 1 saturated heterocycles. The van der Waals surface area contributed by atoms with Crippen LogP contribution in [0.15, 0.2) is 18.3 Å². The van der Waals surface area contributed by atoms with E-state index in [1.165, 1.54) is 0 Å². The molecule has 5 heteroatoms. The number of anilines is 1. The highest BCUT2D eigenvalue weighted by Crippen LogP contribution is 2.15. The van der Waals surface area contributed by atoms with E-state index < -0.39 is 0 Å². The summed E-state index contributed by atoms with van der Waals surface area (Å²) in [6.07, 6.45) is 2.75. The number of rotatable bonds is 4. The average molecular weight is 276 g/mol. The van der Waals surface area contributed by atoms with Gasteiger partial charge in [0.25, 0.3) is 5.91 Å². The normalized spacial score (nSPS) is 19.9. The summed E-state index contributed by atoms with van der Waals surface area (Å²) in [6, 6.07) is 4.18. The first-order valence-corrected chi connectivity index (χ1v) is 7.35. The maximum atomic E-state index is 12.5. The average Bonchev–Trinajstić information content (AvgIpc) is 2.48. The minimum atomic E-state index is 0.0382. The molecule has 5 nitrogen and oxygen atoms in total. The van der Waals surface area contributed by atoms with Crippen molar-refractivity contribution in [3.05, 3.63) is 24.0 Å². The van der Waals surface area contributed by atoms with Crippen LogP contribution in [-0.4, -0.2) is 60.0 Å². The van der Waals surface area contributed by atoms with Crippen molar-refractivity contribution in [1.82, 2.24) is 14.8 Å². The number of amides is 1. The second-order valence-corrected chi connectivity index (χ2v) is 5.25. The van der Waals surface area contributed by atoms with E-state index in [9.17, 15) is 4.79 Å². The summed E-state index contributed by atoms with van der Waals surface area (Å²) in [7, 11) is 2.13. The SMILES string of the molecule is CCNc1ccnc(C(=O)N2CCN(C)C(CC)C2)c1. The molecule has 110 valence electrons. The number of aromatic nitrogens is 1. The molecule has 1 aliphatic heterocycles. The van der Waals surface area contributed by atoms with Gasteiger partial charge in [-0.3, -0.25) is 14.7 Å². The Kier molecular flexibility index (Phi) is 4.95. The van der Waals surface area contributed by atoms with Crippen molar-refractivity contribution in [3.8, 4) is 0 Å². The smallest absolute Gasteiger partial charge is 0.272 e. The molecule has 1 atom stereocenters. The highest BCUT2D eigenvalue weighted by atomic mass is 16.2. The lowest BCUT2D eigenvalue weighted by molar-refractivity contribution is 0.0536. The lowest BCUT2D eigenvalue weighted by Crippen LogP contribution is -2.53. The monoisotopic (exact) mass is 276 g/mol. The summed E-state index contributed by atoms with van der Waals surface area (Å²) in [5, 5.41) is 3.21. The summed E-state index contributed by atoms with van der Waals surface area (Å²) in [5.74, 6) is 0.0382. The van der Waals surface area contributed by atoms with Crippen LogP contribution in [-0.2, 0) is 0 Å². The first-order valence-electron chi connectivity index (χ1n) is 7.35. The van der Waals surface area contributed by atoms with Crippen molar-refractivity contribution in [1.29, 1.82) is 0 Å². The third-order valence-electron chi connectivity index (χ3n) is 3.90. The van der Waals surface area contributed by atoms with Crippen molar-refractivity contribution in [2.24, 2.45) is 0 Å². The number of hydrogen-bond acceptors (Lipinski definition) is 4. The molecule has 1 fully saturated rings. The number of piperazine rings is 1. The zero-order chi connectivity index (χ0) is 14.5. The van der Waals surface area contributed by atoms with Crippen LogP contribution in [0, 0.1) is 0 Å². The molecule has 0 radical (unpaired) electrons. The van der Waals surface area contributed by atoms with Gasteiger partial charge in [0.05, 0.1) is 0 Å². The Balaban J connectivity index is 2.09. The van der Waals surface area contributed by atoms with Crippen LogP contribution in [0.25, 0.3) is 0 Å². The van der Waals surface area contributed by atoms with Crippen molar-refractivity contribution in [2.45, 2.75) is 26.3 Å². The van der Waals surface area contributed by atoms with Crippen LogP contribution in [0.1, 0.15) is 30.8 Å². The molecule has 0 bridgehead atoms. The molecule has 1 aromatic rings. The van der Waals surface area contributed by atoms with Gasteiger partial charge in [-0.2, -0.15) is 0 Å². The van der Waals surface area contributed by atoms with E-state index in [4.69, 9.17) is 0 Å². The molecule has 20 heavy (non-hydrogen) atoms. The molecule has 2 heterocycles. The van der Waals surface area contributed by atoms with Gasteiger partial charge in [-0.15, -0.1) is 0 Å². The Morgan fingerprint density at radius 1 is 1.45 bits per heavy atom. The van der Waals surface area contributed by atoms with Gasteiger partial charge in [-0.25, -0.2) is 0 Å². The largest absolute Gasteiger partial charge is 0.385 e. The van der Waals surface area contributed by atoms with Gasteiger partial charge >= 0.3 is 0 Å². The number of hydrogen-bond donors (Lipinski definition) is 1. The molecular weight excluding hydrogens is 252 g/mol. The van der Waals surface area contributed by atoms with Gasteiger partial charge in [-0.1, -0.05) is 6.92 Å². The predicted octanol–water partition coefficient (Wildman–Crippen LogP) is 1.68. The first kappa shape index (κ1) is 14.8. The van der Waals surface area contributed by atoms with Crippen molar-refractivity contribution < 1.29 is 4.79 Å². The highest BCUT2D eigenvalue weighted by molar-refractivity contribution is 5.93. The summed E-state index contributed by atoms with van der Waals surface area (Å²) in [4.78, 5) is 21.0. The van der Waals surface area contributed by atoms with Crippen molar-refractivity contribution in [3.63, 3.8) is 0 Å². The van der Waals surface area contributed by atoms with Crippen LogP contribution in [0.4, 0.5) is 5.69 Å². The molecular formula is C15H24N4O. The molecule has 1 aliphatic rings. The van der Waals surface area contributed by atoms with Gasteiger partial charge in [0.1, 0.15) is 5.69 Å². The number of carbonyl (C=O) groups is 1. The molecule has 2 rings (SSSR count). The van der Waals surface area contributed by atoms with Gasteiger partial charge in [0.15, 0.2) is 0 Å². The number of nitrogens with one attached hydrogen (secondary N) is 1. The molecule has 0 aliphatic carbocycles. The maximum Gasteiger partial charge on any atom is 0.272 e. The molecule has 1 N–H and O–H groups in total. The molecule has 0 spiro atoms. The minimum absolute atomic E-state index is 0.0382. The quantitative estimate of drug-likeness (QED) is 0.909. The van der Waals surface area contributed by atoms with E-state index in [2.05, 4.69) is 29.2 Å². The predicted molar refractivity (Wildman–Crippen MR) is 81.0 cm³/mol. The Hall–Kier alpha value is -1.62. The lowest BCUT2D eigenvalue weighted by Gasteiger charge is -2.39.